The number of carbonyl (C=O) groups excluding carboxylic acids is 1. The molecule has 2 aromatic heterocycles. The van der Waals surface area contributed by atoms with E-state index < -0.39 is 0 Å². The van der Waals surface area contributed by atoms with Crippen LogP contribution in [0.15, 0.2) is 28.3 Å². The smallest absolute Gasteiger partial charge is 0.264 e. The highest BCUT2D eigenvalue weighted by atomic mass is 79.9. The van der Waals surface area contributed by atoms with Crippen LogP contribution in [0, 0.1) is 0 Å². The van der Waals surface area contributed by atoms with Crippen molar-refractivity contribution in [3.05, 3.63) is 39.0 Å². The second-order valence-corrected chi connectivity index (χ2v) is 6.18. The maximum Gasteiger partial charge on any atom is 0.264 e. The summed E-state index contributed by atoms with van der Waals surface area (Å²) in [5.74, 6) is 0.889. The number of rotatable bonds is 3. The Morgan fingerprint density at radius 1 is 1.59 bits per heavy atom. The molecule has 0 fully saturated rings. The Morgan fingerprint density at radius 3 is 2.88 bits per heavy atom. The lowest BCUT2D eigenvalue weighted by Crippen LogP contribution is -2.26. The number of imidazole rings is 1. The molecule has 0 aromatic carbocycles. The van der Waals surface area contributed by atoms with Gasteiger partial charge in [0.1, 0.15) is 5.82 Å². The Bertz CT molecular complexity index is 534. The zero-order chi connectivity index (χ0) is 12.4. The zero-order valence-electron chi connectivity index (χ0n) is 9.55. The van der Waals surface area contributed by atoms with Gasteiger partial charge in [0, 0.05) is 26.5 Å². The third-order valence-corrected chi connectivity index (χ3v) is 4.04. The van der Waals surface area contributed by atoms with E-state index in [0.29, 0.717) is 6.54 Å². The summed E-state index contributed by atoms with van der Waals surface area (Å²) in [5.41, 5.74) is 0. The first-order valence-corrected chi connectivity index (χ1v) is 6.66. The zero-order valence-corrected chi connectivity index (χ0v) is 12.0. The van der Waals surface area contributed by atoms with Crippen LogP contribution in [0.4, 0.5) is 0 Å². The van der Waals surface area contributed by atoms with Crippen LogP contribution >= 0.6 is 27.3 Å². The van der Waals surface area contributed by atoms with E-state index in [1.807, 2.05) is 29.9 Å². The highest BCUT2D eigenvalue weighted by molar-refractivity contribution is 9.11. The minimum absolute atomic E-state index is 0.0173. The lowest BCUT2D eigenvalue weighted by molar-refractivity contribution is 0.0785. The molecular weight excluding hydrogens is 302 g/mol. The first-order valence-electron chi connectivity index (χ1n) is 5.05. The van der Waals surface area contributed by atoms with Crippen molar-refractivity contribution in [1.82, 2.24) is 14.5 Å². The van der Waals surface area contributed by atoms with Crippen molar-refractivity contribution >= 4 is 33.2 Å². The molecule has 0 N–H and O–H groups in total. The van der Waals surface area contributed by atoms with E-state index in [2.05, 4.69) is 20.9 Å². The molecule has 0 spiro atoms. The van der Waals surface area contributed by atoms with Crippen LogP contribution in [0.5, 0.6) is 0 Å². The Hall–Kier alpha value is -1.14. The molecule has 17 heavy (non-hydrogen) atoms. The van der Waals surface area contributed by atoms with Crippen molar-refractivity contribution in [2.24, 2.45) is 7.05 Å². The van der Waals surface area contributed by atoms with Crippen LogP contribution in [0.25, 0.3) is 0 Å². The van der Waals surface area contributed by atoms with Gasteiger partial charge in [0.25, 0.3) is 5.91 Å². The number of aryl methyl sites for hydroxylation is 1. The van der Waals surface area contributed by atoms with Gasteiger partial charge in [0.15, 0.2) is 0 Å². The Morgan fingerprint density at radius 2 is 2.35 bits per heavy atom. The number of thiophene rings is 1. The molecule has 2 aromatic rings. The molecule has 0 saturated carbocycles. The molecule has 0 aliphatic heterocycles. The average molecular weight is 314 g/mol. The molecule has 1 amide bonds. The fourth-order valence-corrected chi connectivity index (χ4v) is 2.83. The van der Waals surface area contributed by atoms with Crippen LogP contribution in [0.3, 0.4) is 0 Å². The molecule has 0 bridgehead atoms. The molecule has 0 unspecified atom stereocenters. The fraction of sp³-hybridized carbons (Fsp3) is 0.273. The van der Waals surface area contributed by atoms with Crippen molar-refractivity contribution < 1.29 is 4.79 Å². The van der Waals surface area contributed by atoms with Gasteiger partial charge >= 0.3 is 0 Å². The summed E-state index contributed by atoms with van der Waals surface area (Å²) in [6.07, 6.45) is 3.60. The van der Waals surface area contributed by atoms with E-state index >= 15 is 0 Å². The summed E-state index contributed by atoms with van der Waals surface area (Å²) in [5, 5.41) is 0. The fourth-order valence-electron chi connectivity index (χ4n) is 1.45. The molecule has 2 rings (SSSR count). The molecule has 0 atom stereocenters. The van der Waals surface area contributed by atoms with Gasteiger partial charge in [-0.2, -0.15) is 0 Å². The second-order valence-electron chi connectivity index (χ2n) is 3.72. The number of nitrogens with zero attached hydrogens (tertiary/aromatic N) is 3. The van der Waals surface area contributed by atoms with Gasteiger partial charge in [-0.1, -0.05) is 0 Å². The SMILES string of the molecule is CN(Cc1nccn1C)C(=O)c1ccc(Br)s1. The molecule has 0 saturated heterocycles. The largest absolute Gasteiger partial charge is 0.337 e. The average Bonchev–Trinajstić information content (AvgIpc) is 2.88. The lowest BCUT2D eigenvalue weighted by Gasteiger charge is -2.15. The minimum Gasteiger partial charge on any atom is -0.337 e. The van der Waals surface area contributed by atoms with E-state index in [1.54, 1.807) is 18.1 Å². The van der Waals surface area contributed by atoms with E-state index in [-0.39, 0.29) is 5.91 Å². The Labute approximate surface area is 112 Å². The number of hydrogen-bond acceptors (Lipinski definition) is 3. The standard InChI is InChI=1S/C11H12BrN3OS/c1-14-6-5-13-10(14)7-15(2)11(16)8-3-4-9(12)17-8/h3-6H,7H2,1-2H3. The Balaban J connectivity index is 2.08. The summed E-state index contributed by atoms with van der Waals surface area (Å²) in [6, 6.07) is 3.71. The first-order chi connectivity index (χ1) is 8.08. The van der Waals surface area contributed by atoms with Crippen LogP contribution in [0.1, 0.15) is 15.5 Å². The molecule has 4 nitrogen and oxygen atoms in total. The van der Waals surface area contributed by atoms with Crippen molar-refractivity contribution in [3.63, 3.8) is 0 Å². The van der Waals surface area contributed by atoms with E-state index in [9.17, 15) is 4.79 Å². The quantitative estimate of drug-likeness (QED) is 0.873. The maximum atomic E-state index is 12.1. The molecule has 6 heteroatoms. The van der Waals surface area contributed by atoms with Gasteiger partial charge in [0.2, 0.25) is 0 Å². The van der Waals surface area contributed by atoms with Gasteiger partial charge in [-0.3, -0.25) is 4.79 Å². The summed E-state index contributed by atoms with van der Waals surface area (Å²) in [7, 11) is 3.70. The van der Waals surface area contributed by atoms with Crippen molar-refractivity contribution in [3.8, 4) is 0 Å². The van der Waals surface area contributed by atoms with Gasteiger partial charge in [0.05, 0.1) is 15.2 Å². The highest BCUT2D eigenvalue weighted by Gasteiger charge is 2.15. The number of halogens is 1. The third kappa shape index (κ3) is 2.76. The van der Waals surface area contributed by atoms with E-state index in [0.717, 1.165) is 14.5 Å². The normalized spacial score (nSPS) is 10.5. The number of amides is 1. The Kier molecular flexibility index (Phi) is 3.63. The molecule has 90 valence electrons. The van der Waals surface area contributed by atoms with Gasteiger partial charge in [-0.05, 0) is 28.1 Å². The number of aromatic nitrogens is 2. The van der Waals surface area contributed by atoms with Crippen LogP contribution < -0.4 is 0 Å². The molecular formula is C11H12BrN3OS. The number of carbonyl (C=O) groups is 1. The van der Waals surface area contributed by atoms with Crippen molar-refractivity contribution in [2.45, 2.75) is 6.54 Å². The molecule has 0 aliphatic carbocycles. The minimum atomic E-state index is 0.0173. The predicted octanol–water partition coefficient (Wildman–Crippen LogP) is 2.52. The monoisotopic (exact) mass is 313 g/mol. The summed E-state index contributed by atoms with van der Waals surface area (Å²) in [6.45, 7) is 0.512. The van der Waals surface area contributed by atoms with Crippen molar-refractivity contribution in [1.29, 1.82) is 0 Å². The highest BCUT2D eigenvalue weighted by Crippen LogP contribution is 2.23. The van der Waals surface area contributed by atoms with Gasteiger partial charge < -0.3 is 9.47 Å². The topological polar surface area (TPSA) is 38.1 Å². The molecule has 0 radical (unpaired) electrons. The van der Waals surface area contributed by atoms with E-state index in [1.165, 1.54) is 11.3 Å². The number of hydrogen-bond donors (Lipinski definition) is 0. The van der Waals surface area contributed by atoms with Gasteiger partial charge in [-0.25, -0.2) is 4.98 Å². The molecule has 2 heterocycles. The van der Waals surface area contributed by atoms with Crippen LogP contribution in [-0.4, -0.2) is 27.4 Å². The van der Waals surface area contributed by atoms with Crippen LogP contribution in [-0.2, 0) is 13.6 Å². The maximum absolute atomic E-state index is 12.1. The third-order valence-electron chi connectivity index (χ3n) is 2.43. The van der Waals surface area contributed by atoms with Crippen LogP contribution in [0.2, 0.25) is 0 Å². The first kappa shape index (κ1) is 12.3. The summed E-state index contributed by atoms with van der Waals surface area (Å²) in [4.78, 5) is 18.7. The van der Waals surface area contributed by atoms with Crippen molar-refractivity contribution in [2.75, 3.05) is 7.05 Å². The second kappa shape index (κ2) is 5.01. The summed E-state index contributed by atoms with van der Waals surface area (Å²) < 4.78 is 2.87. The summed E-state index contributed by atoms with van der Waals surface area (Å²) >= 11 is 4.79. The molecule has 0 aliphatic rings. The lowest BCUT2D eigenvalue weighted by atomic mass is 10.4. The van der Waals surface area contributed by atoms with E-state index in [4.69, 9.17) is 0 Å². The van der Waals surface area contributed by atoms with Gasteiger partial charge in [-0.15, -0.1) is 11.3 Å². The predicted molar refractivity (Wildman–Crippen MR) is 71.0 cm³/mol.